The minimum Gasteiger partial charge on any atom is -0.365 e. The second-order valence-corrected chi connectivity index (χ2v) is 9.79. The van der Waals surface area contributed by atoms with Crippen LogP contribution in [0.4, 0.5) is 15.1 Å². The summed E-state index contributed by atoms with van der Waals surface area (Å²) in [5, 5.41) is 11.3. The van der Waals surface area contributed by atoms with Gasteiger partial charge in [0.2, 0.25) is 5.91 Å². The summed E-state index contributed by atoms with van der Waals surface area (Å²) in [4.78, 5) is 40.4. The van der Waals surface area contributed by atoms with Crippen molar-refractivity contribution in [1.29, 1.82) is 0 Å². The number of thiophene rings is 1. The molecular formula is C24H19ClFN5O3S. The van der Waals surface area contributed by atoms with E-state index in [0.29, 0.717) is 35.8 Å². The second kappa shape index (κ2) is 9.20. The molecule has 0 unspecified atom stereocenters. The maximum Gasteiger partial charge on any atom is 0.254 e. The van der Waals surface area contributed by atoms with Crippen LogP contribution in [0.3, 0.4) is 0 Å². The first-order chi connectivity index (χ1) is 16.8. The lowest BCUT2D eigenvalue weighted by molar-refractivity contribution is -0.115. The van der Waals surface area contributed by atoms with E-state index < -0.39 is 17.6 Å². The Labute approximate surface area is 208 Å². The van der Waals surface area contributed by atoms with Crippen LogP contribution in [0.15, 0.2) is 46.6 Å². The van der Waals surface area contributed by atoms with Gasteiger partial charge in [0.15, 0.2) is 0 Å². The maximum absolute atomic E-state index is 14.1. The summed E-state index contributed by atoms with van der Waals surface area (Å²) in [6.45, 7) is 1.19. The molecule has 3 aromatic rings. The molecule has 8 nitrogen and oxygen atoms in total. The summed E-state index contributed by atoms with van der Waals surface area (Å²) in [5.74, 6) is -1.90. The van der Waals surface area contributed by atoms with Gasteiger partial charge in [-0.3, -0.25) is 14.4 Å². The van der Waals surface area contributed by atoms with Crippen LogP contribution in [-0.2, 0) is 30.7 Å². The SMILES string of the molecule is NC(=O)c1c(NC(=O)Cc2ccc(Cl)cc2F)sc2c1CCN(C(=O)c1ccc3c(c1)N=NC3)C2. The number of nitrogens with one attached hydrogen (secondary N) is 1. The van der Waals surface area contributed by atoms with E-state index in [2.05, 4.69) is 15.5 Å². The second-order valence-electron chi connectivity index (χ2n) is 8.25. The minimum absolute atomic E-state index is 0.154. The average molecular weight is 512 g/mol. The number of amides is 3. The lowest BCUT2D eigenvalue weighted by Gasteiger charge is -2.27. The van der Waals surface area contributed by atoms with Crippen molar-refractivity contribution in [2.75, 3.05) is 11.9 Å². The first-order valence-corrected chi connectivity index (χ1v) is 12.0. The highest BCUT2D eigenvalue weighted by molar-refractivity contribution is 7.17. The van der Waals surface area contributed by atoms with Crippen LogP contribution in [0, 0.1) is 5.82 Å². The van der Waals surface area contributed by atoms with Crippen LogP contribution in [0.1, 0.15) is 42.3 Å². The highest BCUT2D eigenvalue weighted by Crippen LogP contribution is 2.38. The minimum atomic E-state index is -0.667. The molecule has 0 radical (unpaired) electrons. The molecule has 0 atom stereocenters. The fourth-order valence-corrected chi connectivity index (χ4v) is 5.67. The molecule has 35 heavy (non-hydrogen) atoms. The van der Waals surface area contributed by atoms with Gasteiger partial charge in [0.25, 0.3) is 11.8 Å². The van der Waals surface area contributed by atoms with Crippen molar-refractivity contribution in [3.63, 3.8) is 0 Å². The van der Waals surface area contributed by atoms with Crippen molar-refractivity contribution in [1.82, 2.24) is 4.90 Å². The molecule has 11 heteroatoms. The zero-order valence-corrected chi connectivity index (χ0v) is 19.9. The van der Waals surface area contributed by atoms with E-state index in [9.17, 15) is 18.8 Å². The van der Waals surface area contributed by atoms with Gasteiger partial charge in [-0.05, 0) is 41.8 Å². The van der Waals surface area contributed by atoms with E-state index in [1.54, 1.807) is 17.0 Å². The number of benzene rings is 2. The van der Waals surface area contributed by atoms with Crippen LogP contribution < -0.4 is 11.1 Å². The fourth-order valence-electron chi connectivity index (χ4n) is 4.23. The number of hydrogen-bond donors (Lipinski definition) is 2. The Kier molecular flexibility index (Phi) is 6.08. The Bertz CT molecular complexity index is 1420. The van der Waals surface area contributed by atoms with Crippen LogP contribution in [0.25, 0.3) is 0 Å². The van der Waals surface area contributed by atoms with Gasteiger partial charge in [0.1, 0.15) is 10.8 Å². The smallest absolute Gasteiger partial charge is 0.254 e. The molecule has 0 saturated heterocycles. The van der Waals surface area contributed by atoms with E-state index in [-0.39, 0.29) is 35.0 Å². The molecule has 3 N–H and O–H groups in total. The van der Waals surface area contributed by atoms with E-state index in [0.717, 1.165) is 22.1 Å². The number of halogens is 2. The molecule has 0 aliphatic carbocycles. The van der Waals surface area contributed by atoms with Crippen LogP contribution in [-0.4, -0.2) is 29.2 Å². The zero-order chi connectivity index (χ0) is 24.7. The first kappa shape index (κ1) is 23.1. The third-order valence-electron chi connectivity index (χ3n) is 5.96. The number of rotatable bonds is 5. The van der Waals surface area contributed by atoms with Crippen LogP contribution in [0.2, 0.25) is 5.02 Å². The molecule has 2 aromatic carbocycles. The topological polar surface area (TPSA) is 117 Å². The van der Waals surface area contributed by atoms with Crippen molar-refractivity contribution in [3.05, 3.63) is 79.9 Å². The molecule has 3 heterocycles. The van der Waals surface area contributed by atoms with Gasteiger partial charge >= 0.3 is 0 Å². The van der Waals surface area contributed by atoms with Crippen molar-refractivity contribution < 1.29 is 18.8 Å². The van der Waals surface area contributed by atoms with Gasteiger partial charge in [-0.15, -0.1) is 11.3 Å². The Morgan fingerprint density at radius 3 is 2.80 bits per heavy atom. The zero-order valence-electron chi connectivity index (χ0n) is 18.3. The molecule has 0 fully saturated rings. The van der Waals surface area contributed by atoms with Crippen molar-refractivity contribution in [2.45, 2.75) is 25.9 Å². The number of nitrogens with zero attached hydrogens (tertiary/aromatic N) is 3. The molecule has 0 bridgehead atoms. The van der Waals surface area contributed by atoms with E-state index in [4.69, 9.17) is 17.3 Å². The molecule has 2 aliphatic rings. The van der Waals surface area contributed by atoms with Crippen molar-refractivity contribution in [3.8, 4) is 0 Å². The summed E-state index contributed by atoms with van der Waals surface area (Å²) in [6.07, 6.45) is 0.187. The number of carbonyl (C=O) groups excluding carboxylic acids is 3. The fraction of sp³-hybridized carbons (Fsp3) is 0.208. The van der Waals surface area contributed by atoms with Crippen molar-refractivity contribution >= 4 is 51.3 Å². The first-order valence-electron chi connectivity index (χ1n) is 10.8. The lowest BCUT2D eigenvalue weighted by atomic mass is 10.0. The highest BCUT2D eigenvalue weighted by Gasteiger charge is 2.30. The van der Waals surface area contributed by atoms with Crippen molar-refractivity contribution in [2.24, 2.45) is 16.0 Å². The molecular weight excluding hydrogens is 493 g/mol. The van der Waals surface area contributed by atoms with Crippen LogP contribution >= 0.6 is 22.9 Å². The Morgan fingerprint density at radius 1 is 1.20 bits per heavy atom. The van der Waals surface area contributed by atoms with Crippen LogP contribution in [0.5, 0.6) is 0 Å². The number of azo groups is 1. The molecule has 5 rings (SSSR count). The molecule has 1 aromatic heterocycles. The summed E-state index contributed by atoms with van der Waals surface area (Å²) < 4.78 is 14.1. The van der Waals surface area contributed by atoms with Gasteiger partial charge in [-0.25, -0.2) is 4.39 Å². The maximum atomic E-state index is 14.1. The molecule has 2 aliphatic heterocycles. The number of hydrogen-bond acceptors (Lipinski definition) is 6. The lowest BCUT2D eigenvalue weighted by Crippen LogP contribution is -2.36. The van der Waals surface area contributed by atoms with Gasteiger partial charge < -0.3 is 16.0 Å². The normalized spacial score (nSPS) is 13.9. The average Bonchev–Trinajstić information content (AvgIpc) is 3.43. The number of carbonyl (C=O) groups is 3. The highest BCUT2D eigenvalue weighted by atomic mass is 35.5. The summed E-state index contributed by atoms with van der Waals surface area (Å²) in [7, 11) is 0. The third-order valence-corrected chi connectivity index (χ3v) is 7.33. The van der Waals surface area contributed by atoms with Gasteiger partial charge in [-0.1, -0.05) is 23.7 Å². The molecule has 3 amide bonds. The van der Waals surface area contributed by atoms with E-state index in [1.165, 1.54) is 23.5 Å². The van der Waals surface area contributed by atoms with E-state index in [1.807, 2.05) is 6.07 Å². The molecule has 0 saturated carbocycles. The predicted molar refractivity (Wildman–Crippen MR) is 130 cm³/mol. The van der Waals surface area contributed by atoms with Gasteiger partial charge in [0, 0.05) is 27.6 Å². The largest absolute Gasteiger partial charge is 0.365 e. The van der Waals surface area contributed by atoms with Gasteiger partial charge in [0.05, 0.1) is 30.8 Å². The standard InChI is InChI=1S/C24H19ClFN5O3S/c25-15-4-3-12(17(26)9-15)8-20(32)29-23-21(22(27)33)16-5-6-31(11-19(16)35-23)24(34)13-1-2-14-10-28-30-18(14)7-13/h1-4,7,9H,5-6,8,10-11H2,(H2,27,33)(H,29,32). The summed E-state index contributed by atoms with van der Waals surface area (Å²) in [6, 6.07) is 9.42. The summed E-state index contributed by atoms with van der Waals surface area (Å²) >= 11 is 6.96. The Balaban J connectivity index is 1.35. The number of anilines is 1. The summed E-state index contributed by atoms with van der Waals surface area (Å²) in [5.41, 5.74) is 8.96. The Morgan fingerprint density at radius 2 is 2.03 bits per heavy atom. The Hall–Kier alpha value is -3.63. The quantitative estimate of drug-likeness (QED) is 0.520. The predicted octanol–water partition coefficient (Wildman–Crippen LogP) is 4.62. The monoisotopic (exact) mass is 511 g/mol. The number of nitrogens with two attached hydrogens (primary N) is 1. The number of fused-ring (bicyclic) bond motifs is 2. The third kappa shape index (κ3) is 4.54. The van der Waals surface area contributed by atoms with Gasteiger partial charge in [-0.2, -0.15) is 10.2 Å². The van der Waals surface area contributed by atoms with E-state index >= 15 is 0 Å². The molecule has 178 valence electrons. The number of primary amides is 1. The molecule has 0 spiro atoms.